The molecule has 15 heavy (non-hydrogen) atoms. The summed E-state index contributed by atoms with van der Waals surface area (Å²) in [6.07, 6.45) is 3.68. The van der Waals surface area contributed by atoms with Crippen LogP contribution in [0.4, 0.5) is 0 Å². The van der Waals surface area contributed by atoms with Crippen LogP contribution in [0.1, 0.15) is 67.7 Å². The molecule has 0 rings (SSSR count). The van der Waals surface area contributed by atoms with Gasteiger partial charge in [-0.05, 0) is 29.2 Å². The minimum absolute atomic E-state index is 0.213. The van der Waals surface area contributed by atoms with Crippen molar-refractivity contribution >= 4 is 0 Å². The van der Waals surface area contributed by atoms with E-state index in [2.05, 4.69) is 48.5 Å². The van der Waals surface area contributed by atoms with Crippen LogP contribution in [0.5, 0.6) is 0 Å². The summed E-state index contributed by atoms with van der Waals surface area (Å²) in [5.74, 6) is 0. The average molecular weight is 213 g/mol. The molecule has 0 heterocycles. The zero-order valence-electron chi connectivity index (χ0n) is 11.9. The van der Waals surface area contributed by atoms with Crippen molar-refractivity contribution in [2.24, 2.45) is 22.0 Å². The molecule has 2 N–H and O–H groups in total. The van der Waals surface area contributed by atoms with Gasteiger partial charge < -0.3 is 5.73 Å². The third kappa shape index (κ3) is 2.55. The van der Waals surface area contributed by atoms with Gasteiger partial charge >= 0.3 is 0 Å². The second-order valence-electron chi connectivity index (χ2n) is 6.41. The highest BCUT2D eigenvalue weighted by molar-refractivity contribution is 4.99. The molecule has 0 amide bonds. The van der Waals surface area contributed by atoms with Gasteiger partial charge in [0, 0.05) is 0 Å². The summed E-state index contributed by atoms with van der Waals surface area (Å²) in [5, 5.41) is 0. The quantitative estimate of drug-likeness (QED) is 0.702. The van der Waals surface area contributed by atoms with Gasteiger partial charge in [-0.25, -0.2) is 0 Å². The Morgan fingerprint density at radius 3 is 1.60 bits per heavy atom. The minimum Gasteiger partial charge on any atom is -0.330 e. The highest BCUT2D eigenvalue weighted by Gasteiger charge is 2.48. The summed E-state index contributed by atoms with van der Waals surface area (Å²) < 4.78 is 0. The van der Waals surface area contributed by atoms with E-state index in [9.17, 15) is 0 Å². The monoisotopic (exact) mass is 213 g/mol. The lowest BCUT2D eigenvalue weighted by Gasteiger charge is -2.54. The van der Waals surface area contributed by atoms with Crippen LogP contribution in [-0.4, -0.2) is 6.54 Å². The summed E-state index contributed by atoms with van der Waals surface area (Å²) in [5.41, 5.74) is 6.92. The van der Waals surface area contributed by atoms with Crippen LogP contribution in [0.25, 0.3) is 0 Å². The number of hydrogen-bond acceptors (Lipinski definition) is 1. The lowest BCUT2D eigenvalue weighted by molar-refractivity contribution is -0.0363. The Morgan fingerprint density at radius 1 is 0.867 bits per heavy atom. The molecule has 0 saturated carbocycles. The standard InChI is InChI=1S/C14H31N/c1-8-10-13(5,6)14(7,11-15)12(3,4)9-2/h8-11,15H2,1-7H3. The van der Waals surface area contributed by atoms with Gasteiger partial charge in [0.1, 0.15) is 0 Å². The van der Waals surface area contributed by atoms with E-state index in [1.807, 2.05) is 0 Å². The fourth-order valence-corrected chi connectivity index (χ4v) is 2.76. The Kier molecular flexibility index (Phi) is 4.85. The fraction of sp³-hybridized carbons (Fsp3) is 1.00. The smallest absolute Gasteiger partial charge is 0.00129 e. The minimum atomic E-state index is 0.213. The van der Waals surface area contributed by atoms with Crippen molar-refractivity contribution in [2.45, 2.75) is 67.7 Å². The van der Waals surface area contributed by atoms with Crippen LogP contribution in [0, 0.1) is 16.2 Å². The summed E-state index contributed by atoms with van der Waals surface area (Å²) in [6.45, 7) is 17.1. The van der Waals surface area contributed by atoms with Crippen LogP contribution in [0.3, 0.4) is 0 Å². The Labute approximate surface area is 96.8 Å². The number of rotatable bonds is 6. The van der Waals surface area contributed by atoms with Gasteiger partial charge in [-0.1, -0.05) is 61.3 Å². The summed E-state index contributed by atoms with van der Waals surface area (Å²) in [4.78, 5) is 0. The predicted molar refractivity (Wildman–Crippen MR) is 69.9 cm³/mol. The molecule has 0 fully saturated rings. The molecule has 1 unspecified atom stereocenters. The van der Waals surface area contributed by atoms with E-state index >= 15 is 0 Å². The zero-order chi connectivity index (χ0) is 12.3. The van der Waals surface area contributed by atoms with E-state index in [1.54, 1.807) is 0 Å². The molecule has 1 heteroatoms. The second kappa shape index (κ2) is 4.86. The van der Waals surface area contributed by atoms with Crippen LogP contribution in [0.2, 0.25) is 0 Å². The van der Waals surface area contributed by atoms with Crippen molar-refractivity contribution in [1.82, 2.24) is 0 Å². The predicted octanol–water partition coefficient (Wildman–Crippen LogP) is 4.21. The number of hydrogen-bond donors (Lipinski definition) is 1. The van der Waals surface area contributed by atoms with Crippen LogP contribution in [-0.2, 0) is 0 Å². The van der Waals surface area contributed by atoms with Gasteiger partial charge in [-0.15, -0.1) is 0 Å². The molecule has 92 valence electrons. The summed E-state index contributed by atoms with van der Waals surface area (Å²) in [6, 6.07) is 0. The molecule has 0 aliphatic heterocycles. The highest BCUT2D eigenvalue weighted by atomic mass is 14.7. The molecule has 0 bridgehead atoms. The summed E-state index contributed by atoms with van der Waals surface area (Å²) in [7, 11) is 0. The Bertz CT molecular complexity index is 194. The van der Waals surface area contributed by atoms with E-state index in [1.165, 1.54) is 19.3 Å². The van der Waals surface area contributed by atoms with Gasteiger partial charge in [0.2, 0.25) is 0 Å². The molecule has 0 saturated heterocycles. The molecule has 0 aliphatic rings. The van der Waals surface area contributed by atoms with Crippen molar-refractivity contribution in [1.29, 1.82) is 0 Å². The van der Waals surface area contributed by atoms with Crippen molar-refractivity contribution in [3.63, 3.8) is 0 Å². The molecule has 0 aromatic carbocycles. The lowest BCUT2D eigenvalue weighted by atomic mass is 9.52. The van der Waals surface area contributed by atoms with Gasteiger partial charge in [-0.3, -0.25) is 0 Å². The molecule has 1 atom stereocenters. The van der Waals surface area contributed by atoms with E-state index in [0.717, 1.165) is 6.54 Å². The van der Waals surface area contributed by atoms with Crippen LogP contribution in [0.15, 0.2) is 0 Å². The van der Waals surface area contributed by atoms with E-state index < -0.39 is 0 Å². The van der Waals surface area contributed by atoms with E-state index in [0.29, 0.717) is 10.8 Å². The lowest BCUT2D eigenvalue weighted by Crippen LogP contribution is -2.51. The molecule has 1 nitrogen and oxygen atoms in total. The maximum atomic E-state index is 6.09. The molecule has 0 radical (unpaired) electrons. The Balaban J connectivity index is 5.16. The maximum absolute atomic E-state index is 6.09. The normalized spacial score (nSPS) is 17.6. The fourth-order valence-electron chi connectivity index (χ4n) is 2.76. The first-order chi connectivity index (χ1) is 6.68. The average Bonchev–Trinajstić information content (AvgIpc) is 2.15. The van der Waals surface area contributed by atoms with Crippen molar-refractivity contribution in [3.05, 3.63) is 0 Å². The SMILES string of the molecule is CCCC(C)(C)C(C)(CN)C(C)(C)CC. The molecular weight excluding hydrogens is 182 g/mol. The van der Waals surface area contributed by atoms with Gasteiger partial charge in [-0.2, -0.15) is 0 Å². The van der Waals surface area contributed by atoms with E-state index in [4.69, 9.17) is 5.73 Å². The first kappa shape index (κ1) is 15.0. The topological polar surface area (TPSA) is 26.0 Å². The third-order valence-corrected chi connectivity index (χ3v) is 5.15. The maximum Gasteiger partial charge on any atom is -0.00129 e. The molecule has 0 aliphatic carbocycles. The molecular formula is C14H31N. The Morgan fingerprint density at radius 2 is 1.33 bits per heavy atom. The number of nitrogens with two attached hydrogens (primary N) is 1. The molecule has 0 spiro atoms. The first-order valence-corrected chi connectivity index (χ1v) is 6.38. The molecule has 0 aromatic rings. The Hall–Kier alpha value is -0.0400. The van der Waals surface area contributed by atoms with Gasteiger partial charge in [0.15, 0.2) is 0 Å². The first-order valence-electron chi connectivity index (χ1n) is 6.38. The van der Waals surface area contributed by atoms with Gasteiger partial charge in [0.05, 0.1) is 0 Å². The van der Waals surface area contributed by atoms with Crippen molar-refractivity contribution in [3.8, 4) is 0 Å². The summed E-state index contributed by atoms with van der Waals surface area (Å²) >= 11 is 0. The molecule has 0 aromatic heterocycles. The van der Waals surface area contributed by atoms with Crippen LogP contribution >= 0.6 is 0 Å². The van der Waals surface area contributed by atoms with Gasteiger partial charge in [0.25, 0.3) is 0 Å². The second-order valence-corrected chi connectivity index (χ2v) is 6.41. The highest BCUT2D eigenvalue weighted by Crippen LogP contribution is 2.54. The third-order valence-electron chi connectivity index (χ3n) is 5.15. The largest absolute Gasteiger partial charge is 0.330 e. The van der Waals surface area contributed by atoms with E-state index in [-0.39, 0.29) is 5.41 Å². The zero-order valence-corrected chi connectivity index (χ0v) is 11.9. The van der Waals surface area contributed by atoms with Crippen molar-refractivity contribution in [2.75, 3.05) is 6.54 Å². The van der Waals surface area contributed by atoms with Crippen molar-refractivity contribution < 1.29 is 0 Å². The van der Waals surface area contributed by atoms with Crippen LogP contribution < -0.4 is 5.73 Å².